The number of aromatic nitrogens is 3. The number of H-pyrrole nitrogens is 1. The number of para-hydroxylation sites is 1. The molecule has 1 aromatic carbocycles. The fraction of sp³-hybridized carbons (Fsp3) is 0.417. The average molecular weight is 489 g/mol. The summed E-state index contributed by atoms with van der Waals surface area (Å²) in [7, 11) is 1.55. The van der Waals surface area contributed by atoms with Gasteiger partial charge in [-0.15, -0.1) is 0 Å². The molecule has 0 spiro atoms. The van der Waals surface area contributed by atoms with Gasteiger partial charge in [-0.05, 0) is 30.0 Å². The van der Waals surface area contributed by atoms with Crippen LogP contribution in [0.4, 0.5) is 5.69 Å². The molecule has 3 rings (SSSR count). The number of anilines is 1. The number of nitrogens with one attached hydrogen (secondary N) is 2. The molecule has 0 bridgehead atoms. The predicted octanol–water partition coefficient (Wildman–Crippen LogP) is 3.80. The van der Waals surface area contributed by atoms with Crippen molar-refractivity contribution in [2.45, 2.75) is 40.2 Å². The van der Waals surface area contributed by atoms with Crippen LogP contribution in [-0.2, 0) is 11.3 Å². The number of benzene rings is 1. The number of amides is 1. The quantitative estimate of drug-likeness (QED) is 0.443. The highest BCUT2D eigenvalue weighted by atomic mass is 35.5. The van der Waals surface area contributed by atoms with Crippen molar-refractivity contribution in [1.82, 2.24) is 14.5 Å². The Morgan fingerprint density at radius 3 is 2.59 bits per heavy atom. The van der Waals surface area contributed by atoms with E-state index in [0.29, 0.717) is 35.3 Å². The van der Waals surface area contributed by atoms with Crippen molar-refractivity contribution in [3.63, 3.8) is 0 Å². The molecular formula is C24H29ClN4O5. The number of aromatic amines is 1. The maximum absolute atomic E-state index is 13.5. The molecule has 0 aliphatic heterocycles. The monoisotopic (exact) mass is 488 g/mol. The van der Waals surface area contributed by atoms with Crippen LogP contribution < -0.4 is 21.3 Å². The Morgan fingerprint density at radius 2 is 1.94 bits per heavy atom. The standard InChI is InChI=1S/C24H29ClN4O5/c1-13(2)12-29-21-19(23(31)28-24(29)32)15(11-18(26-21)14(3)4)22(30)27-17-8-6-7-16(25)20(17)34-10-9-33-5/h6-8,11,13-14H,9-10,12H2,1-5H3,(H,27,30)(H,28,31,32). The van der Waals surface area contributed by atoms with E-state index in [2.05, 4.69) is 15.3 Å². The molecule has 2 heterocycles. The number of nitrogens with zero attached hydrogens (tertiary/aromatic N) is 2. The van der Waals surface area contributed by atoms with Crippen molar-refractivity contribution < 1.29 is 14.3 Å². The van der Waals surface area contributed by atoms with Gasteiger partial charge in [-0.2, -0.15) is 0 Å². The Kier molecular flexibility index (Phi) is 8.11. The number of halogens is 1. The molecule has 182 valence electrons. The molecule has 2 N–H and O–H groups in total. The van der Waals surface area contributed by atoms with Crippen LogP contribution in [0, 0.1) is 5.92 Å². The van der Waals surface area contributed by atoms with Crippen molar-refractivity contribution in [1.29, 1.82) is 0 Å². The van der Waals surface area contributed by atoms with Crippen LogP contribution in [-0.4, -0.2) is 40.8 Å². The van der Waals surface area contributed by atoms with Crippen LogP contribution >= 0.6 is 11.6 Å². The Hall–Kier alpha value is -3.17. The second kappa shape index (κ2) is 10.8. The molecule has 0 saturated heterocycles. The molecule has 9 nitrogen and oxygen atoms in total. The van der Waals surface area contributed by atoms with E-state index in [0.717, 1.165) is 0 Å². The topological polar surface area (TPSA) is 115 Å². The highest BCUT2D eigenvalue weighted by Crippen LogP contribution is 2.33. The minimum atomic E-state index is -0.671. The third-order valence-electron chi connectivity index (χ3n) is 5.10. The first-order valence-corrected chi connectivity index (χ1v) is 11.4. The second-order valence-electron chi connectivity index (χ2n) is 8.62. The van der Waals surface area contributed by atoms with Gasteiger partial charge in [0.1, 0.15) is 6.61 Å². The molecule has 2 aromatic heterocycles. The van der Waals surface area contributed by atoms with Gasteiger partial charge in [0.25, 0.3) is 11.5 Å². The third-order valence-corrected chi connectivity index (χ3v) is 5.40. The summed E-state index contributed by atoms with van der Waals surface area (Å²) in [6.07, 6.45) is 0. The van der Waals surface area contributed by atoms with Crippen LogP contribution in [0.25, 0.3) is 11.0 Å². The van der Waals surface area contributed by atoms with Crippen LogP contribution in [0.1, 0.15) is 49.7 Å². The third kappa shape index (κ3) is 5.48. The van der Waals surface area contributed by atoms with Crippen LogP contribution in [0.3, 0.4) is 0 Å². The summed E-state index contributed by atoms with van der Waals surface area (Å²) in [5.41, 5.74) is -0.0126. The molecule has 1 amide bonds. The number of fused-ring (bicyclic) bond motifs is 1. The minimum Gasteiger partial charge on any atom is -0.487 e. The Balaban J connectivity index is 2.16. The fourth-order valence-corrected chi connectivity index (χ4v) is 3.70. The average Bonchev–Trinajstić information content (AvgIpc) is 2.77. The number of rotatable bonds is 9. The van der Waals surface area contributed by atoms with E-state index >= 15 is 0 Å². The summed E-state index contributed by atoms with van der Waals surface area (Å²) in [6.45, 7) is 8.67. The molecule has 0 fully saturated rings. The van der Waals surface area contributed by atoms with Gasteiger partial charge in [-0.1, -0.05) is 45.4 Å². The molecule has 0 aliphatic rings. The first kappa shape index (κ1) is 25.5. The lowest BCUT2D eigenvalue weighted by molar-refractivity contribution is 0.102. The Bertz CT molecular complexity index is 1310. The van der Waals surface area contributed by atoms with Gasteiger partial charge < -0.3 is 14.8 Å². The van der Waals surface area contributed by atoms with Crippen molar-refractivity contribution in [3.8, 4) is 5.75 Å². The molecular weight excluding hydrogens is 460 g/mol. The molecule has 10 heteroatoms. The molecule has 0 radical (unpaired) electrons. The maximum atomic E-state index is 13.5. The van der Waals surface area contributed by atoms with Gasteiger partial charge in [0, 0.05) is 19.3 Å². The molecule has 34 heavy (non-hydrogen) atoms. The van der Waals surface area contributed by atoms with Crippen molar-refractivity contribution in [2.24, 2.45) is 5.92 Å². The molecule has 0 unspecified atom stereocenters. The summed E-state index contributed by atoms with van der Waals surface area (Å²) in [4.78, 5) is 45.8. The van der Waals surface area contributed by atoms with Gasteiger partial charge in [0.2, 0.25) is 0 Å². The van der Waals surface area contributed by atoms with Crippen molar-refractivity contribution in [3.05, 3.63) is 61.4 Å². The minimum absolute atomic E-state index is 0.0445. The number of ether oxygens (including phenoxy) is 2. The lowest BCUT2D eigenvalue weighted by atomic mass is 10.0. The predicted molar refractivity (Wildman–Crippen MR) is 132 cm³/mol. The van der Waals surface area contributed by atoms with E-state index in [1.807, 2.05) is 27.7 Å². The normalized spacial score (nSPS) is 11.4. The van der Waals surface area contributed by atoms with E-state index in [1.54, 1.807) is 31.4 Å². The van der Waals surface area contributed by atoms with E-state index in [1.165, 1.54) is 4.57 Å². The van der Waals surface area contributed by atoms with Crippen LogP contribution in [0.2, 0.25) is 5.02 Å². The number of carbonyl (C=O) groups excluding carboxylic acids is 1. The number of carbonyl (C=O) groups is 1. The number of hydrogen-bond donors (Lipinski definition) is 2. The Morgan fingerprint density at radius 1 is 1.21 bits per heavy atom. The SMILES string of the molecule is COCCOc1c(Cl)cccc1NC(=O)c1cc(C(C)C)nc2c1c(=O)[nH]c(=O)n2CC(C)C. The first-order valence-electron chi connectivity index (χ1n) is 11.0. The lowest BCUT2D eigenvalue weighted by Gasteiger charge is -2.17. The highest BCUT2D eigenvalue weighted by Gasteiger charge is 2.22. The zero-order valence-electron chi connectivity index (χ0n) is 19.9. The molecule has 0 atom stereocenters. The maximum Gasteiger partial charge on any atom is 0.330 e. The van der Waals surface area contributed by atoms with E-state index in [-0.39, 0.29) is 35.0 Å². The molecule has 3 aromatic rings. The summed E-state index contributed by atoms with van der Waals surface area (Å²) in [5.74, 6) is -0.181. The summed E-state index contributed by atoms with van der Waals surface area (Å²) < 4.78 is 12.1. The van der Waals surface area contributed by atoms with Crippen molar-refractivity contribution >= 4 is 34.2 Å². The molecule has 0 aliphatic carbocycles. The van der Waals surface area contributed by atoms with Gasteiger partial charge in [0.15, 0.2) is 11.4 Å². The number of methoxy groups -OCH3 is 1. The summed E-state index contributed by atoms with van der Waals surface area (Å²) in [5, 5.41) is 3.16. The van der Waals surface area contributed by atoms with Gasteiger partial charge in [-0.3, -0.25) is 19.1 Å². The number of hydrogen-bond acceptors (Lipinski definition) is 6. The fourth-order valence-electron chi connectivity index (χ4n) is 3.47. The van der Waals surface area contributed by atoms with Gasteiger partial charge in [-0.25, -0.2) is 9.78 Å². The molecule has 0 saturated carbocycles. The zero-order valence-corrected chi connectivity index (χ0v) is 20.7. The smallest absolute Gasteiger partial charge is 0.330 e. The first-order chi connectivity index (χ1) is 16.1. The van der Waals surface area contributed by atoms with E-state index < -0.39 is 17.2 Å². The van der Waals surface area contributed by atoms with Gasteiger partial charge in [0.05, 0.1) is 28.3 Å². The summed E-state index contributed by atoms with van der Waals surface area (Å²) >= 11 is 6.29. The van der Waals surface area contributed by atoms with E-state index in [9.17, 15) is 14.4 Å². The summed E-state index contributed by atoms with van der Waals surface area (Å²) in [6, 6.07) is 6.56. The van der Waals surface area contributed by atoms with E-state index in [4.69, 9.17) is 21.1 Å². The number of pyridine rings is 1. The largest absolute Gasteiger partial charge is 0.487 e. The van der Waals surface area contributed by atoms with Gasteiger partial charge >= 0.3 is 5.69 Å². The van der Waals surface area contributed by atoms with Crippen LogP contribution in [0.15, 0.2) is 33.9 Å². The van der Waals surface area contributed by atoms with Crippen LogP contribution in [0.5, 0.6) is 5.75 Å². The lowest BCUT2D eigenvalue weighted by Crippen LogP contribution is -2.33. The second-order valence-corrected chi connectivity index (χ2v) is 9.03. The Labute approximate surface area is 202 Å². The highest BCUT2D eigenvalue weighted by molar-refractivity contribution is 6.32. The van der Waals surface area contributed by atoms with Crippen molar-refractivity contribution in [2.75, 3.05) is 25.6 Å². The zero-order chi connectivity index (χ0) is 25.0.